The largest absolute Gasteiger partial charge is 0.493 e. The molecule has 64 valence electrons. The van der Waals surface area contributed by atoms with Crippen molar-refractivity contribution in [3.63, 3.8) is 0 Å². The number of hydrogen-bond acceptors (Lipinski definition) is 3. The first-order valence-electron chi connectivity index (χ1n) is 3.71. The fraction of sp³-hybridized carbons (Fsp3) is 0.625. The normalized spacial score (nSPS) is 12.2. The van der Waals surface area contributed by atoms with Crippen LogP contribution in [-0.2, 0) is 4.74 Å². The molecule has 0 aromatic heterocycles. The summed E-state index contributed by atoms with van der Waals surface area (Å²) in [6.45, 7) is 4.55. The van der Waals surface area contributed by atoms with Crippen molar-refractivity contribution in [1.29, 1.82) is 0 Å². The van der Waals surface area contributed by atoms with Gasteiger partial charge in [-0.3, -0.25) is 0 Å². The van der Waals surface area contributed by atoms with E-state index in [0.29, 0.717) is 6.61 Å². The highest BCUT2D eigenvalue weighted by molar-refractivity contribution is 5.75. The van der Waals surface area contributed by atoms with E-state index in [-0.39, 0.29) is 0 Å². The zero-order valence-corrected chi connectivity index (χ0v) is 7.66. The predicted octanol–water partition coefficient (Wildman–Crippen LogP) is 1.47. The van der Waals surface area contributed by atoms with Gasteiger partial charge in [0.15, 0.2) is 0 Å². The van der Waals surface area contributed by atoms with Gasteiger partial charge in [0, 0.05) is 14.1 Å². The molecule has 0 saturated carbocycles. The summed E-state index contributed by atoms with van der Waals surface area (Å²) in [6.07, 6.45) is 3.58. The first kappa shape index (κ1) is 10.0. The average Bonchev–Trinajstić information content (AvgIpc) is 1.97. The lowest BCUT2D eigenvalue weighted by atomic mass is 10.5. The summed E-state index contributed by atoms with van der Waals surface area (Å²) in [5, 5.41) is 5.75. The van der Waals surface area contributed by atoms with E-state index < -0.39 is 0 Å². The van der Waals surface area contributed by atoms with Crippen LogP contribution in [0.2, 0.25) is 0 Å². The minimum atomic E-state index is 0.680. The predicted molar refractivity (Wildman–Crippen MR) is 47.6 cm³/mol. The zero-order chi connectivity index (χ0) is 8.69. The van der Waals surface area contributed by atoms with Crippen LogP contribution in [0.1, 0.15) is 13.8 Å². The van der Waals surface area contributed by atoms with E-state index in [4.69, 9.17) is 4.74 Å². The van der Waals surface area contributed by atoms with Gasteiger partial charge < -0.3 is 9.75 Å². The molecule has 0 aliphatic heterocycles. The van der Waals surface area contributed by atoms with Gasteiger partial charge in [-0.2, -0.15) is 5.10 Å². The lowest BCUT2D eigenvalue weighted by molar-refractivity contribution is 0.249. The Bertz CT molecular complexity index is 150. The van der Waals surface area contributed by atoms with Crippen LogP contribution < -0.4 is 0 Å². The molecule has 0 aromatic carbocycles. The molecule has 3 heteroatoms. The molecular weight excluding hydrogens is 140 g/mol. The van der Waals surface area contributed by atoms with E-state index in [2.05, 4.69) is 5.10 Å². The second kappa shape index (κ2) is 5.77. The van der Waals surface area contributed by atoms with E-state index in [1.54, 1.807) is 11.2 Å². The molecule has 0 spiro atoms. The van der Waals surface area contributed by atoms with E-state index in [0.717, 1.165) is 5.76 Å². The molecule has 0 fully saturated rings. The van der Waals surface area contributed by atoms with E-state index in [9.17, 15) is 0 Å². The molecule has 0 saturated heterocycles. The Labute approximate surface area is 68.3 Å². The van der Waals surface area contributed by atoms with Crippen LogP contribution in [-0.4, -0.2) is 31.9 Å². The van der Waals surface area contributed by atoms with Gasteiger partial charge in [0.1, 0.15) is 5.76 Å². The first-order chi connectivity index (χ1) is 5.20. The van der Waals surface area contributed by atoms with Crippen LogP contribution in [0, 0.1) is 0 Å². The van der Waals surface area contributed by atoms with Gasteiger partial charge in [-0.05, 0) is 19.9 Å². The van der Waals surface area contributed by atoms with Crippen molar-refractivity contribution >= 4 is 6.21 Å². The molecule has 3 nitrogen and oxygen atoms in total. The number of nitrogens with zero attached hydrogens (tertiary/aromatic N) is 2. The van der Waals surface area contributed by atoms with Gasteiger partial charge in [0.2, 0.25) is 0 Å². The monoisotopic (exact) mass is 156 g/mol. The summed E-state index contributed by atoms with van der Waals surface area (Å²) in [6, 6.07) is 0. The average molecular weight is 156 g/mol. The molecule has 0 bridgehead atoms. The standard InChI is InChI=1S/C8H16N2O/c1-5-8(11-6-2)7-9-10(3)4/h5,7H,6H2,1-4H3/b8-5-,9-7+. The molecule has 0 atom stereocenters. The number of allylic oxidation sites excluding steroid dienone is 2. The Kier molecular flexibility index (Phi) is 5.25. The fourth-order valence-electron chi connectivity index (χ4n) is 0.534. The lowest BCUT2D eigenvalue weighted by Gasteiger charge is -2.05. The molecule has 0 amide bonds. The van der Waals surface area contributed by atoms with Crippen molar-refractivity contribution < 1.29 is 4.74 Å². The zero-order valence-electron chi connectivity index (χ0n) is 7.66. The highest BCUT2D eigenvalue weighted by Gasteiger charge is 1.88. The molecular formula is C8H16N2O. The molecule has 0 aliphatic carbocycles. The number of rotatable bonds is 4. The maximum Gasteiger partial charge on any atom is 0.135 e. The Morgan fingerprint density at radius 3 is 2.55 bits per heavy atom. The second-order valence-corrected chi connectivity index (χ2v) is 2.22. The van der Waals surface area contributed by atoms with Crippen LogP contribution >= 0.6 is 0 Å². The van der Waals surface area contributed by atoms with Crippen molar-refractivity contribution in [3.8, 4) is 0 Å². The molecule has 0 heterocycles. The van der Waals surface area contributed by atoms with Gasteiger partial charge >= 0.3 is 0 Å². The molecule has 0 unspecified atom stereocenters. The van der Waals surface area contributed by atoms with Crippen molar-refractivity contribution in [2.45, 2.75) is 13.8 Å². The van der Waals surface area contributed by atoms with Gasteiger partial charge in [-0.1, -0.05) is 0 Å². The summed E-state index contributed by atoms with van der Waals surface area (Å²) in [4.78, 5) is 0. The SMILES string of the molecule is C/C=C(/C=N/N(C)C)OCC. The number of hydrogen-bond donors (Lipinski definition) is 0. The van der Waals surface area contributed by atoms with Crippen LogP contribution in [0.25, 0.3) is 0 Å². The highest BCUT2D eigenvalue weighted by atomic mass is 16.5. The Morgan fingerprint density at radius 2 is 2.18 bits per heavy atom. The third kappa shape index (κ3) is 5.45. The van der Waals surface area contributed by atoms with Crippen LogP contribution in [0.4, 0.5) is 0 Å². The van der Waals surface area contributed by atoms with Gasteiger partial charge in [0.25, 0.3) is 0 Å². The first-order valence-corrected chi connectivity index (χ1v) is 3.71. The Morgan fingerprint density at radius 1 is 1.55 bits per heavy atom. The van der Waals surface area contributed by atoms with Crippen molar-refractivity contribution in [2.75, 3.05) is 20.7 Å². The maximum absolute atomic E-state index is 5.23. The van der Waals surface area contributed by atoms with Crippen molar-refractivity contribution in [2.24, 2.45) is 5.10 Å². The smallest absolute Gasteiger partial charge is 0.135 e. The third-order valence-corrected chi connectivity index (χ3v) is 1.01. The quantitative estimate of drug-likeness (QED) is 0.350. The minimum absolute atomic E-state index is 0.680. The highest BCUT2D eigenvalue weighted by Crippen LogP contribution is 1.92. The molecule has 0 radical (unpaired) electrons. The molecule has 0 rings (SSSR count). The number of hydrazone groups is 1. The minimum Gasteiger partial charge on any atom is -0.493 e. The molecule has 11 heavy (non-hydrogen) atoms. The topological polar surface area (TPSA) is 24.8 Å². The molecule has 0 N–H and O–H groups in total. The fourth-order valence-corrected chi connectivity index (χ4v) is 0.534. The Hall–Kier alpha value is -0.990. The molecule has 0 aromatic rings. The van der Waals surface area contributed by atoms with E-state index >= 15 is 0 Å². The van der Waals surface area contributed by atoms with Crippen molar-refractivity contribution in [3.05, 3.63) is 11.8 Å². The second-order valence-electron chi connectivity index (χ2n) is 2.22. The van der Waals surface area contributed by atoms with Crippen LogP contribution in [0.3, 0.4) is 0 Å². The van der Waals surface area contributed by atoms with E-state index in [1.807, 2.05) is 34.0 Å². The summed E-state index contributed by atoms with van der Waals surface area (Å²) >= 11 is 0. The van der Waals surface area contributed by atoms with Crippen LogP contribution in [0.15, 0.2) is 16.9 Å². The van der Waals surface area contributed by atoms with Gasteiger partial charge in [0.05, 0.1) is 12.8 Å². The summed E-state index contributed by atoms with van der Waals surface area (Å²) < 4.78 is 5.23. The maximum atomic E-state index is 5.23. The van der Waals surface area contributed by atoms with Crippen LogP contribution in [0.5, 0.6) is 0 Å². The summed E-state index contributed by atoms with van der Waals surface area (Å²) in [5.41, 5.74) is 0. The van der Waals surface area contributed by atoms with Gasteiger partial charge in [-0.15, -0.1) is 0 Å². The summed E-state index contributed by atoms with van der Waals surface area (Å²) in [5.74, 6) is 0.807. The molecule has 0 aliphatic rings. The summed E-state index contributed by atoms with van der Waals surface area (Å²) in [7, 11) is 3.74. The van der Waals surface area contributed by atoms with Gasteiger partial charge in [-0.25, -0.2) is 0 Å². The lowest BCUT2D eigenvalue weighted by Crippen LogP contribution is -2.03. The Balaban J connectivity index is 3.88. The number of ether oxygens (including phenoxy) is 1. The third-order valence-electron chi connectivity index (χ3n) is 1.01. The van der Waals surface area contributed by atoms with E-state index in [1.165, 1.54) is 0 Å². The van der Waals surface area contributed by atoms with Crippen molar-refractivity contribution in [1.82, 2.24) is 5.01 Å².